The molecule has 18 heavy (non-hydrogen) atoms. The van der Waals surface area contributed by atoms with Crippen molar-refractivity contribution in [3.05, 3.63) is 42.2 Å². The van der Waals surface area contributed by atoms with Gasteiger partial charge in [0.25, 0.3) is 5.97 Å². The third-order valence-electron chi connectivity index (χ3n) is 2.68. The summed E-state index contributed by atoms with van der Waals surface area (Å²) in [6.45, 7) is 3.33. The summed E-state index contributed by atoms with van der Waals surface area (Å²) in [5.41, 5.74) is 2.74. The number of aliphatic carboxylic acids is 1. The van der Waals surface area contributed by atoms with E-state index in [2.05, 4.69) is 47.9 Å². The van der Waals surface area contributed by atoms with Gasteiger partial charge in [-0.05, 0) is 37.1 Å². The van der Waals surface area contributed by atoms with Crippen LogP contribution in [0.2, 0.25) is 0 Å². The average molecular weight is 247 g/mol. The fourth-order valence-electron chi connectivity index (χ4n) is 1.88. The first-order chi connectivity index (χ1) is 8.65. The van der Waals surface area contributed by atoms with E-state index in [9.17, 15) is 0 Å². The van der Waals surface area contributed by atoms with E-state index in [-0.39, 0.29) is 0 Å². The second kappa shape index (κ2) is 7.54. The van der Waals surface area contributed by atoms with Crippen LogP contribution in [0.3, 0.4) is 0 Å². The average Bonchev–Trinajstić information content (AvgIpc) is 2.73. The number of hydrogen-bond donors (Lipinski definition) is 1. The molecule has 0 aromatic carbocycles. The van der Waals surface area contributed by atoms with Gasteiger partial charge in [0.05, 0.1) is 0 Å². The van der Waals surface area contributed by atoms with Gasteiger partial charge >= 0.3 is 0 Å². The van der Waals surface area contributed by atoms with Crippen LogP contribution in [-0.2, 0) is 11.2 Å². The Kier molecular flexibility index (Phi) is 5.98. The summed E-state index contributed by atoms with van der Waals surface area (Å²) in [7, 11) is 0. The van der Waals surface area contributed by atoms with Crippen LogP contribution >= 0.6 is 0 Å². The predicted octanol–water partition coefficient (Wildman–Crippen LogP) is 3.76. The lowest BCUT2D eigenvalue weighted by atomic mass is 10.1. The Balaban J connectivity index is 0.000000357. The lowest BCUT2D eigenvalue weighted by Crippen LogP contribution is -1.91. The molecule has 0 amide bonds. The number of fused-ring (bicyclic) bond motifs is 1. The number of nitrogens with zero attached hydrogens (tertiary/aromatic N) is 1. The quantitative estimate of drug-likeness (QED) is 0.836. The van der Waals surface area contributed by atoms with Crippen molar-refractivity contribution in [1.82, 2.24) is 4.40 Å². The Labute approximate surface area is 108 Å². The minimum Gasteiger partial charge on any atom is -0.481 e. The maximum atomic E-state index is 9.00. The summed E-state index contributed by atoms with van der Waals surface area (Å²) in [5, 5.41) is 7.42. The van der Waals surface area contributed by atoms with Crippen molar-refractivity contribution >= 4 is 11.5 Å². The Morgan fingerprint density at radius 1 is 1.22 bits per heavy atom. The number of carboxylic acids is 1. The van der Waals surface area contributed by atoms with Crippen molar-refractivity contribution in [3.63, 3.8) is 0 Å². The second-order valence-corrected chi connectivity index (χ2v) is 4.30. The zero-order valence-electron chi connectivity index (χ0n) is 11.1. The van der Waals surface area contributed by atoms with Crippen LogP contribution in [0.5, 0.6) is 0 Å². The molecule has 0 atom stereocenters. The number of aryl methyl sites for hydroxylation is 1. The normalized spacial score (nSPS) is 9.89. The minimum absolute atomic E-state index is 0.833. The van der Waals surface area contributed by atoms with Crippen LogP contribution < -0.4 is 0 Å². The number of hydrogen-bond acceptors (Lipinski definition) is 1. The molecule has 0 aliphatic carbocycles. The van der Waals surface area contributed by atoms with Gasteiger partial charge in [-0.2, -0.15) is 0 Å². The summed E-state index contributed by atoms with van der Waals surface area (Å²) < 4.78 is 2.29. The van der Waals surface area contributed by atoms with Crippen LogP contribution in [0.25, 0.3) is 5.52 Å². The molecule has 2 rings (SSSR count). The smallest absolute Gasteiger partial charge is 0.300 e. The topological polar surface area (TPSA) is 41.7 Å². The summed E-state index contributed by atoms with van der Waals surface area (Å²) in [6.07, 6.45) is 7.28. The lowest BCUT2D eigenvalue weighted by molar-refractivity contribution is -0.134. The van der Waals surface area contributed by atoms with E-state index < -0.39 is 5.97 Å². The van der Waals surface area contributed by atoms with Crippen LogP contribution in [0, 0.1) is 0 Å². The molecule has 0 unspecified atom stereocenters. The molecular formula is C15H21NO2. The summed E-state index contributed by atoms with van der Waals surface area (Å²) in [6, 6.07) is 10.8. The third-order valence-corrected chi connectivity index (χ3v) is 2.68. The van der Waals surface area contributed by atoms with Gasteiger partial charge in [0.1, 0.15) is 0 Å². The SMILES string of the molecule is CC(=O)O.CCCCCc1ccc2ccccn12. The van der Waals surface area contributed by atoms with Crippen molar-refractivity contribution in [2.45, 2.75) is 39.5 Å². The van der Waals surface area contributed by atoms with E-state index in [4.69, 9.17) is 9.90 Å². The number of aromatic nitrogens is 1. The molecule has 1 N–H and O–H groups in total. The molecule has 0 aliphatic rings. The molecule has 98 valence electrons. The third kappa shape index (κ3) is 4.62. The molecule has 3 heteroatoms. The highest BCUT2D eigenvalue weighted by Crippen LogP contribution is 2.12. The number of carbonyl (C=O) groups is 1. The zero-order valence-corrected chi connectivity index (χ0v) is 11.1. The fraction of sp³-hybridized carbons (Fsp3) is 0.400. The molecule has 2 heterocycles. The minimum atomic E-state index is -0.833. The largest absolute Gasteiger partial charge is 0.481 e. The molecule has 0 bridgehead atoms. The van der Waals surface area contributed by atoms with Crippen LogP contribution in [0.1, 0.15) is 38.8 Å². The molecule has 0 fully saturated rings. The van der Waals surface area contributed by atoms with Crippen molar-refractivity contribution in [3.8, 4) is 0 Å². The van der Waals surface area contributed by atoms with Crippen LogP contribution in [0.15, 0.2) is 36.5 Å². The molecule has 0 aliphatic heterocycles. The maximum absolute atomic E-state index is 9.00. The van der Waals surface area contributed by atoms with Crippen LogP contribution in [0.4, 0.5) is 0 Å². The second-order valence-electron chi connectivity index (χ2n) is 4.30. The highest BCUT2D eigenvalue weighted by Gasteiger charge is 1.99. The van der Waals surface area contributed by atoms with Crippen molar-refractivity contribution in [2.24, 2.45) is 0 Å². The van der Waals surface area contributed by atoms with Gasteiger partial charge in [-0.1, -0.05) is 25.8 Å². The van der Waals surface area contributed by atoms with Gasteiger partial charge < -0.3 is 9.51 Å². The first kappa shape index (κ1) is 14.3. The summed E-state index contributed by atoms with van der Waals surface area (Å²) in [4.78, 5) is 9.00. The highest BCUT2D eigenvalue weighted by atomic mass is 16.4. The van der Waals surface area contributed by atoms with Gasteiger partial charge in [0.15, 0.2) is 0 Å². The van der Waals surface area contributed by atoms with E-state index in [1.54, 1.807) is 0 Å². The number of pyridine rings is 1. The number of rotatable bonds is 4. The Morgan fingerprint density at radius 2 is 1.94 bits per heavy atom. The zero-order chi connectivity index (χ0) is 13.4. The van der Waals surface area contributed by atoms with Crippen molar-refractivity contribution in [2.75, 3.05) is 0 Å². The van der Waals surface area contributed by atoms with E-state index in [1.807, 2.05) is 0 Å². The Hall–Kier alpha value is -1.77. The molecule has 0 saturated carbocycles. The summed E-state index contributed by atoms with van der Waals surface area (Å²) >= 11 is 0. The number of carboxylic acid groups (broad SMARTS) is 1. The summed E-state index contributed by atoms with van der Waals surface area (Å²) in [5.74, 6) is -0.833. The van der Waals surface area contributed by atoms with Gasteiger partial charge in [0.2, 0.25) is 0 Å². The van der Waals surface area contributed by atoms with Gasteiger partial charge in [-0.15, -0.1) is 0 Å². The predicted molar refractivity (Wildman–Crippen MR) is 73.9 cm³/mol. The molecule has 2 aromatic heterocycles. The first-order valence-electron chi connectivity index (χ1n) is 6.39. The van der Waals surface area contributed by atoms with E-state index in [1.165, 1.54) is 36.9 Å². The molecule has 0 spiro atoms. The first-order valence-corrected chi connectivity index (χ1v) is 6.39. The molecule has 0 radical (unpaired) electrons. The van der Waals surface area contributed by atoms with E-state index in [0.29, 0.717) is 0 Å². The highest BCUT2D eigenvalue weighted by molar-refractivity contribution is 5.62. The maximum Gasteiger partial charge on any atom is 0.300 e. The van der Waals surface area contributed by atoms with Crippen LogP contribution in [-0.4, -0.2) is 15.5 Å². The van der Waals surface area contributed by atoms with Gasteiger partial charge in [-0.25, -0.2) is 0 Å². The van der Waals surface area contributed by atoms with E-state index in [0.717, 1.165) is 6.92 Å². The Morgan fingerprint density at radius 3 is 2.61 bits per heavy atom. The van der Waals surface area contributed by atoms with Gasteiger partial charge in [-0.3, -0.25) is 4.79 Å². The number of unbranched alkanes of at least 4 members (excludes halogenated alkanes) is 2. The van der Waals surface area contributed by atoms with Gasteiger partial charge in [0, 0.05) is 24.3 Å². The molecule has 3 nitrogen and oxygen atoms in total. The lowest BCUT2D eigenvalue weighted by Gasteiger charge is -2.01. The molecular weight excluding hydrogens is 226 g/mol. The standard InChI is InChI=1S/C13H17N.C2H4O2/c1-2-3-4-7-12-9-10-13-8-5-6-11-14(12)13;1-2(3)4/h5-6,8-11H,2-4,7H2,1H3;1H3,(H,3,4). The monoisotopic (exact) mass is 247 g/mol. The van der Waals surface area contributed by atoms with Crippen molar-refractivity contribution < 1.29 is 9.90 Å². The Bertz CT molecular complexity index is 484. The fourth-order valence-corrected chi connectivity index (χ4v) is 1.88. The van der Waals surface area contributed by atoms with Crippen molar-refractivity contribution in [1.29, 1.82) is 0 Å². The molecule has 0 saturated heterocycles. The molecule has 2 aromatic rings. The van der Waals surface area contributed by atoms with E-state index >= 15 is 0 Å².